The van der Waals surface area contributed by atoms with Gasteiger partial charge < -0.3 is 15.8 Å². The Kier molecular flexibility index (Phi) is 3.36. The van der Waals surface area contributed by atoms with Crippen LogP contribution < -0.4 is 11.1 Å². The molecule has 1 aromatic rings. The van der Waals surface area contributed by atoms with E-state index >= 15 is 0 Å². The molecule has 0 saturated carbocycles. The lowest BCUT2D eigenvalue weighted by molar-refractivity contribution is 0.134. The standard InChI is InChI=1S/C12H18N2O/c1-9(5-13)14-6-10-2-3-11-7-15-8-12(11)4-10/h2-4,9,14H,5-8,13H2,1H3/t9-/m1/s1. The summed E-state index contributed by atoms with van der Waals surface area (Å²) in [5, 5.41) is 3.37. The van der Waals surface area contributed by atoms with Crippen LogP contribution in [0.25, 0.3) is 0 Å². The predicted molar refractivity (Wildman–Crippen MR) is 60.3 cm³/mol. The van der Waals surface area contributed by atoms with E-state index in [1.807, 2.05) is 0 Å². The Morgan fingerprint density at radius 3 is 3.00 bits per heavy atom. The van der Waals surface area contributed by atoms with Crippen LogP contribution in [0.1, 0.15) is 23.6 Å². The summed E-state index contributed by atoms with van der Waals surface area (Å²) < 4.78 is 5.38. The lowest BCUT2D eigenvalue weighted by atomic mass is 10.1. The van der Waals surface area contributed by atoms with Crippen LogP contribution in [0.3, 0.4) is 0 Å². The molecule has 0 amide bonds. The van der Waals surface area contributed by atoms with E-state index in [0.717, 1.165) is 19.8 Å². The molecule has 0 saturated heterocycles. The summed E-state index contributed by atoms with van der Waals surface area (Å²) in [6, 6.07) is 6.91. The van der Waals surface area contributed by atoms with E-state index in [0.29, 0.717) is 12.6 Å². The van der Waals surface area contributed by atoms with Crippen LogP contribution in [0, 0.1) is 0 Å². The second-order valence-corrected chi connectivity index (χ2v) is 4.11. The minimum Gasteiger partial charge on any atom is -0.372 e. The number of nitrogens with one attached hydrogen (secondary N) is 1. The molecule has 0 aliphatic carbocycles. The zero-order valence-electron chi connectivity index (χ0n) is 9.12. The van der Waals surface area contributed by atoms with Crippen LogP contribution in [0.15, 0.2) is 18.2 Å². The van der Waals surface area contributed by atoms with Gasteiger partial charge >= 0.3 is 0 Å². The number of fused-ring (bicyclic) bond motifs is 1. The van der Waals surface area contributed by atoms with Gasteiger partial charge in [-0.15, -0.1) is 0 Å². The largest absolute Gasteiger partial charge is 0.372 e. The van der Waals surface area contributed by atoms with E-state index in [-0.39, 0.29) is 0 Å². The minimum atomic E-state index is 0.370. The molecule has 3 nitrogen and oxygen atoms in total. The topological polar surface area (TPSA) is 47.3 Å². The second-order valence-electron chi connectivity index (χ2n) is 4.11. The van der Waals surface area contributed by atoms with Crippen LogP contribution in [-0.2, 0) is 24.5 Å². The van der Waals surface area contributed by atoms with Gasteiger partial charge in [0, 0.05) is 19.1 Å². The summed E-state index contributed by atoms with van der Waals surface area (Å²) in [6.07, 6.45) is 0. The Balaban J connectivity index is 1.98. The highest BCUT2D eigenvalue weighted by Gasteiger charge is 2.11. The van der Waals surface area contributed by atoms with Gasteiger partial charge in [-0.2, -0.15) is 0 Å². The number of nitrogens with two attached hydrogens (primary N) is 1. The monoisotopic (exact) mass is 206 g/mol. The van der Waals surface area contributed by atoms with Gasteiger partial charge in [0.1, 0.15) is 0 Å². The summed E-state index contributed by atoms with van der Waals surface area (Å²) in [5.74, 6) is 0. The first kappa shape index (κ1) is 10.6. The summed E-state index contributed by atoms with van der Waals surface area (Å²) in [4.78, 5) is 0. The van der Waals surface area contributed by atoms with Crippen molar-refractivity contribution in [3.8, 4) is 0 Å². The number of benzene rings is 1. The van der Waals surface area contributed by atoms with Crippen molar-refractivity contribution in [2.24, 2.45) is 5.73 Å². The molecule has 0 fully saturated rings. The van der Waals surface area contributed by atoms with Crippen molar-refractivity contribution in [2.45, 2.75) is 32.7 Å². The van der Waals surface area contributed by atoms with E-state index in [1.54, 1.807) is 0 Å². The third-order valence-corrected chi connectivity index (χ3v) is 2.79. The van der Waals surface area contributed by atoms with Gasteiger partial charge in [0.15, 0.2) is 0 Å². The quantitative estimate of drug-likeness (QED) is 0.777. The Labute approximate surface area is 90.6 Å². The fraction of sp³-hybridized carbons (Fsp3) is 0.500. The molecule has 2 rings (SSSR count). The third-order valence-electron chi connectivity index (χ3n) is 2.79. The first-order chi connectivity index (χ1) is 7.29. The van der Waals surface area contributed by atoms with Gasteiger partial charge in [-0.05, 0) is 23.6 Å². The number of hydrogen-bond acceptors (Lipinski definition) is 3. The molecule has 1 atom stereocenters. The smallest absolute Gasteiger partial charge is 0.0725 e. The highest BCUT2D eigenvalue weighted by Crippen LogP contribution is 2.20. The van der Waals surface area contributed by atoms with Crippen molar-refractivity contribution in [1.29, 1.82) is 0 Å². The van der Waals surface area contributed by atoms with Gasteiger partial charge in [-0.3, -0.25) is 0 Å². The highest BCUT2D eigenvalue weighted by atomic mass is 16.5. The molecule has 1 aliphatic heterocycles. The van der Waals surface area contributed by atoms with Gasteiger partial charge in [0.05, 0.1) is 13.2 Å². The zero-order chi connectivity index (χ0) is 10.7. The first-order valence-corrected chi connectivity index (χ1v) is 5.41. The molecule has 1 heterocycles. The van der Waals surface area contributed by atoms with Crippen molar-refractivity contribution in [2.75, 3.05) is 6.54 Å². The predicted octanol–water partition coefficient (Wildman–Crippen LogP) is 1.15. The summed E-state index contributed by atoms with van der Waals surface area (Å²) in [7, 11) is 0. The van der Waals surface area contributed by atoms with Crippen LogP contribution in [-0.4, -0.2) is 12.6 Å². The van der Waals surface area contributed by atoms with Crippen LogP contribution in [0.5, 0.6) is 0 Å². The average Bonchev–Trinajstić information content (AvgIpc) is 2.72. The summed E-state index contributed by atoms with van der Waals surface area (Å²) >= 11 is 0. The molecule has 0 bridgehead atoms. The molecule has 15 heavy (non-hydrogen) atoms. The van der Waals surface area contributed by atoms with Crippen molar-refractivity contribution >= 4 is 0 Å². The van der Waals surface area contributed by atoms with Crippen LogP contribution in [0.4, 0.5) is 0 Å². The Morgan fingerprint density at radius 2 is 2.20 bits per heavy atom. The molecule has 0 unspecified atom stereocenters. The van der Waals surface area contributed by atoms with E-state index in [2.05, 4.69) is 30.4 Å². The van der Waals surface area contributed by atoms with Gasteiger partial charge in [-0.1, -0.05) is 18.2 Å². The third kappa shape index (κ3) is 2.56. The van der Waals surface area contributed by atoms with E-state index in [4.69, 9.17) is 10.5 Å². The average molecular weight is 206 g/mol. The fourth-order valence-electron chi connectivity index (χ4n) is 1.71. The van der Waals surface area contributed by atoms with Gasteiger partial charge in [0.2, 0.25) is 0 Å². The Bertz CT molecular complexity index is 338. The maximum Gasteiger partial charge on any atom is 0.0725 e. The molecular weight excluding hydrogens is 188 g/mol. The van der Waals surface area contributed by atoms with E-state index in [1.165, 1.54) is 16.7 Å². The molecule has 1 aliphatic rings. The van der Waals surface area contributed by atoms with Crippen molar-refractivity contribution in [3.05, 3.63) is 34.9 Å². The molecule has 3 N–H and O–H groups in total. The SMILES string of the molecule is C[C@H](CN)NCc1ccc2c(c1)COC2. The normalized spacial score (nSPS) is 16.4. The van der Waals surface area contributed by atoms with E-state index in [9.17, 15) is 0 Å². The molecule has 82 valence electrons. The lowest BCUT2D eigenvalue weighted by Crippen LogP contribution is -2.32. The van der Waals surface area contributed by atoms with Crippen molar-refractivity contribution < 1.29 is 4.74 Å². The Morgan fingerprint density at radius 1 is 1.40 bits per heavy atom. The number of rotatable bonds is 4. The maximum absolute atomic E-state index is 5.54. The summed E-state index contributed by atoms with van der Waals surface area (Å²) in [6.45, 7) is 5.17. The van der Waals surface area contributed by atoms with Crippen molar-refractivity contribution in [1.82, 2.24) is 5.32 Å². The van der Waals surface area contributed by atoms with E-state index < -0.39 is 0 Å². The fourth-order valence-corrected chi connectivity index (χ4v) is 1.71. The summed E-state index contributed by atoms with van der Waals surface area (Å²) in [5.41, 5.74) is 9.50. The maximum atomic E-state index is 5.54. The first-order valence-electron chi connectivity index (χ1n) is 5.41. The van der Waals surface area contributed by atoms with Gasteiger partial charge in [0.25, 0.3) is 0 Å². The molecule has 0 aromatic heterocycles. The number of hydrogen-bond donors (Lipinski definition) is 2. The highest BCUT2D eigenvalue weighted by molar-refractivity contribution is 5.33. The molecule has 1 aromatic carbocycles. The molecular formula is C12H18N2O. The molecule has 0 radical (unpaired) electrons. The molecule has 3 heteroatoms. The Hall–Kier alpha value is -0.900. The molecule has 0 spiro atoms. The van der Waals surface area contributed by atoms with Crippen molar-refractivity contribution in [3.63, 3.8) is 0 Å². The number of ether oxygens (including phenoxy) is 1. The van der Waals surface area contributed by atoms with Crippen LogP contribution in [0.2, 0.25) is 0 Å². The lowest BCUT2D eigenvalue weighted by Gasteiger charge is -2.11. The second kappa shape index (κ2) is 4.75. The van der Waals surface area contributed by atoms with Gasteiger partial charge in [-0.25, -0.2) is 0 Å². The zero-order valence-corrected chi connectivity index (χ0v) is 9.12. The van der Waals surface area contributed by atoms with Crippen LogP contribution >= 0.6 is 0 Å². The minimum absolute atomic E-state index is 0.370.